The predicted octanol–water partition coefficient (Wildman–Crippen LogP) is 2.87. The monoisotopic (exact) mass is 251 g/mol. The highest BCUT2D eigenvalue weighted by molar-refractivity contribution is 5.55. The van der Waals surface area contributed by atoms with E-state index in [-0.39, 0.29) is 12.1 Å². The molecule has 0 aromatic carbocycles. The third-order valence-corrected chi connectivity index (χ3v) is 3.21. The Morgan fingerprint density at radius 2 is 2.00 bits per heavy atom. The number of anilines is 2. The Kier molecular flexibility index (Phi) is 5.92. The van der Waals surface area contributed by atoms with Crippen molar-refractivity contribution in [1.82, 2.24) is 4.98 Å². The average Bonchev–Trinajstić information content (AvgIpc) is 2.37. The molecule has 0 bridgehead atoms. The highest BCUT2D eigenvalue weighted by Gasteiger charge is 2.20. The molecule has 0 spiro atoms. The molecule has 0 saturated heterocycles. The minimum absolute atomic E-state index is 0.0835. The Morgan fingerprint density at radius 3 is 2.61 bits per heavy atom. The van der Waals surface area contributed by atoms with E-state index in [4.69, 9.17) is 5.11 Å². The van der Waals surface area contributed by atoms with Crippen LogP contribution in [0, 0.1) is 0 Å². The van der Waals surface area contributed by atoms with Crippen molar-refractivity contribution in [3.8, 4) is 0 Å². The molecule has 1 unspecified atom stereocenters. The van der Waals surface area contributed by atoms with Gasteiger partial charge in [0.2, 0.25) is 0 Å². The third kappa shape index (κ3) is 4.53. The first-order chi connectivity index (χ1) is 8.63. The molecule has 1 heterocycles. The summed E-state index contributed by atoms with van der Waals surface area (Å²) in [5.41, 5.74) is 1.94. The van der Waals surface area contributed by atoms with Crippen LogP contribution in [0.2, 0.25) is 0 Å². The van der Waals surface area contributed by atoms with Gasteiger partial charge in [-0.3, -0.25) is 4.98 Å². The molecule has 0 aliphatic carbocycles. The van der Waals surface area contributed by atoms with E-state index in [1.54, 1.807) is 0 Å². The quantitative estimate of drug-likeness (QED) is 0.665. The van der Waals surface area contributed by atoms with E-state index in [0.29, 0.717) is 0 Å². The van der Waals surface area contributed by atoms with Crippen LogP contribution in [-0.4, -0.2) is 28.8 Å². The lowest BCUT2D eigenvalue weighted by Crippen LogP contribution is -2.35. The summed E-state index contributed by atoms with van der Waals surface area (Å²) in [6.07, 6.45) is 6.43. The van der Waals surface area contributed by atoms with Crippen LogP contribution in [0.3, 0.4) is 0 Å². The number of aliphatic hydroxyl groups is 1. The molecule has 1 aromatic heterocycles. The summed E-state index contributed by atoms with van der Waals surface area (Å²) in [7, 11) is 0. The molecule has 0 aliphatic rings. The standard InChI is InChI=1S/C14H25N3O/c1-4-7-16-12-9-13(11-15-10-12)17-14(3,5-2)6-8-18/h9-11,16-18H,4-8H2,1-3H3. The van der Waals surface area contributed by atoms with Gasteiger partial charge < -0.3 is 15.7 Å². The van der Waals surface area contributed by atoms with Gasteiger partial charge in [0.25, 0.3) is 0 Å². The van der Waals surface area contributed by atoms with Crippen LogP contribution >= 0.6 is 0 Å². The van der Waals surface area contributed by atoms with Crippen LogP contribution in [0.15, 0.2) is 18.5 Å². The molecule has 0 fully saturated rings. The molecule has 18 heavy (non-hydrogen) atoms. The molecule has 0 amide bonds. The summed E-state index contributed by atoms with van der Waals surface area (Å²) in [4.78, 5) is 4.23. The van der Waals surface area contributed by atoms with Gasteiger partial charge in [-0.15, -0.1) is 0 Å². The molecule has 0 saturated carbocycles. The van der Waals surface area contributed by atoms with Crippen LogP contribution in [0.1, 0.15) is 40.0 Å². The lowest BCUT2D eigenvalue weighted by atomic mass is 9.94. The number of pyridine rings is 1. The van der Waals surface area contributed by atoms with Crippen molar-refractivity contribution in [3.05, 3.63) is 18.5 Å². The fourth-order valence-electron chi connectivity index (χ4n) is 1.80. The van der Waals surface area contributed by atoms with Crippen LogP contribution < -0.4 is 10.6 Å². The maximum Gasteiger partial charge on any atom is 0.0551 e. The fourth-order valence-corrected chi connectivity index (χ4v) is 1.80. The molecule has 4 nitrogen and oxygen atoms in total. The van der Waals surface area contributed by atoms with Gasteiger partial charge in [0.05, 0.1) is 23.8 Å². The largest absolute Gasteiger partial charge is 0.396 e. The molecule has 4 heteroatoms. The minimum Gasteiger partial charge on any atom is -0.396 e. The molecule has 102 valence electrons. The van der Waals surface area contributed by atoms with E-state index >= 15 is 0 Å². The van der Waals surface area contributed by atoms with Gasteiger partial charge in [-0.1, -0.05) is 13.8 Å². The zero-order chi connectivity index (χ0) is 13.4. The van der Waals surface area contributed by atoms with Gasteiger partial charge in [-0.25, -0.2) is 0 Å². The Hall–Kier alpha value is -1.29. The lowest BCUT2D eigenvalue weighted by molar-refractivity contribution is 0.252. The van der Waals surface area contributed by atoms with Gasteiger partial charge in [0, 0.05) is 18.7 Å². The zero-order valence-electron chi connectivity index (χ0n) is 11.7. The summed E-state index contributed by atoms with van der Waals surface area (Å²) in [5.74, 6) is 0. The van der Waals surface area contributed by atoms with E-state index in [1.807, 2.05) is 12.4 Å². The summed E-state index contributed by atoms with van der Waals surface area (Å²) >= 11 is 0. The normalized spacial score (nSPS) is 14.0. The number of hydrogen-bond donors (Lipinski definition) is 3. The predicted molar refractivity (Wildman–Crippen MR) is 77.0 cm³/mol. The molecule has 0 aliphatic heterocycles. The number of aliphatic hydroxyl groups excluding tert-OH is 1. The maximum atomic E-state index is 9.11. The molecule has 1 atom stereocenters. The Balaban J connectivity index is 2.71. The van der Waals surface area contributed by atoms with Crippen LogP contribution in [0.5, 0.6) is 0 Å². The molecular formula is C14H25N3O. The molecule has 1 aromatic rings. The van der Waals surface area contributed by atoms with Gasteiger partial charge in [-0.05, 0) is 32.3 Å². The Labute approximate surface area is 110 Å². The van der Waals surface area contributed by atoms with E-state index in [0.717, 1.165) is 37.2 Å². The highest BCUT2D eigenvalue weighted by atomic mass is 16.3. The van der Waals surface area contributed by atoms with Crippen molar-refractivity contribution < 1.29 is 5.11 Å². The number of nitrogens with zero attached hydrogens (tertiary/aromatic N) is 1. The van der Waals surface area contributed by atoms with Crippen molar-refractivity contribution in [3.63, 3.8) is 0 Å². The summed E-state index contributed by atoms with van der Waals surface area (Å²) in [6, 6.07) is 2.06. The highest BCUT2D eigenvalue weighted by Crippen LogP contribution is 2.22. The summed E-state index contributed by atoms with van der Waals surface area (Å²) in [6.45, 7) is 7.52. The first-order valence-corrected chi connectivity index (χ1v) is 6.71. The van der Waals surface area contributed by atoms with E-state index < -0.39 is 0 Å². The Morgan fingerprint density at radius 1 is 1.28 bits per heavy atom. The van der Waals surface area contributed by atoms with Crippen LogP contribution in [0.4, 0.5) is 11.4 Å². The number of hydrogen-bond acceptors (Lipinski definition) is 4. The van der Waals surface area contributed by atoms with E-state index in [1.165, 1.54) is 0 Å². The first kappa shape index (κ1) is 14.8. The number of aromatic nitrogens is 1. The summed E-state index contributed by atoms with van der Waals surface area (Å²) < 4.78 is 0. The van der Waals surface area contributed by atoms with Gasteiger partial charge in [0.1, 0.15) is 0 Å². The zero-order valence-corrected chi connectivity index (χ0v) is 11.7. The minimum atomic E-state index is -0.0835. The van der Waals surface area contributed by atoms with Crippen molar-refractivity contribution in [2.45, 2.75) is 45.6 Å². The lowest BCUT2D eigenvalue weighted by Gasteiger charge is -2.30. The second-order valence-corrected chi connectivity index (χ2v) is 4.90. The molecule has 1 rings (SSSR count). The average molecular weight is 251 g/mol. The van der Waals surface area contributed by atoms with Crippen LogP contribution in [-0.2, 0) is 0 Å². The van der Waals surface area contributed by atoms with Crippen molar-refractivity contribution >= 4 is 11.4 Å². The fraction of sp³-hybridized carbons (Fsp3) is 0.643. The number of rotatable bonds is 8. The van der Waals surface area contributed by atoms with Gasteiger partial charge in [0.15, 0.2) is 0 Å². The molecule has 3 N–H and O–H groups in total. The van der Waals surface area contributed by atoms with Crippen molar-refractivity contribution in [2.75, 3.05) is 23.8 Å². The number of nitrogens with one attached hydrogen (secondary N) is 2. The third-order valence-electron chi connectivity index (χ3n) is 3.21. The topological polar surface area (TPSA) is 57.2 Å². The maximum absolute atomic E-state index is 9.11. The molecule has 0 radical (unpaired) electrons. The smallest absolute Gasteiger partial charge is 0.0551 e. The van der Waals surface area contributed by atoms with Crippen LogP contribution in [0.25, 0.3) is 0 Å². The second-order valence-electron chi connectivity index (χ2n) is 4.90. The molecular weight excluding hydrogens is 226 g/mol. The Bertz CT molecular complexity index is 357. The van der Waals surface area contributed by atoms with Gasteiger partial charge >= 0.3 is 0 Å². The van der Waals surface area contributed by atoms with E-state index in [9.17, 15) is 0 Å². The van der Waals surface area contributed by atoms with Crippen molar-refractivity contribution in [2.24, 2.45) is 0 Å². The summed E-state index contributed by atoms with van der Waals surface area (Å²) in [5, 5.41) is 15.9. The first-order valence-electron chi connectivity index (χ1n) is 6.71. The van der Waals surface area contributed by atoms with E-state index in [2.05, 4.69) is 42.5 Å². The van der Waals surface area contributed by atoms with Gasteiger partial charge in [-0.2, -0.15) is 0 Å². The second kappa shape index (κ2) is 7.21. The van der Waals surface area contributed by atoms with Crippen molar-refractivity contribution in [1.29, 1.82) is 0 Å². The SMILES string of the molecule is CCCNc1cncc(NC(C)(CC)CCO)c1.